The highest BCUT2D eigenvalue weighted by molar-refractivity contribution is 6.09. The first-order valence-corrected chi connectivity index (χ1v) is 8.85. The van der Waals surface area contributed by atoms with Gasteiger partial charge < -0.3 is 20.7 Å². The van der Waals surface area contributed by atoms with Crippen LogP contribution in [0, 0.1) is 11.7 Å². The van der Waals surface area contributed by atoms with E-state index in [1.54, 1.807) is 11.9 Å². The van der Waals surface area contributed by atoms with Crippen LogP contribution in [0.4, 0.5) is 15.8 Å². The molecule has 9 heteroatoms. The number of hydrogen-bond acceptors (Lipinski definition) is 5. The molecule has 1 aliphatic carbocycles. The van der Waals surface area contributed by atoms with E-state index < -0.39 is 23.7 Å². The fourth-order valence-corrected chi connectivity index (χ4v) is 3.15. The molecule has 0 radical (unpaired) electrons. The Bertz CT molecular complexity index is 753. The summed E-state index contributed by atoms with van der Waals surface area (Å²) in [5.74, 6) is -1.86. The van der Waals surface area contributed by atoms with Crippen molar-refractivity contribution in [3.8, 4) is 0 Å². The second-order valence-corrected chi connectivity index (χ2v) is 6.94. The molecule has 0 bridgehead atoms. The second-order valence-electron chi connectivity index (χ2n) is 6.94. The Morgan fingerprint density at radius 1 is 1.44 bits per heavy atom. The van der Waals surface area contributed by atoms with Crippen LogP contribution in [0.25, 0.3) is 0 Å². The molecule has 0 unspecified atom stereocenters. The molecule has 1 aromatic carbocycles. The SMILES string of the molecule is CN(CC1CC1)[C@H](C(N)=O)C(=O)Nc1ccc(N2CCOCC2=O)c(F)c1. The van der Waals surface area contributed by atoms with Crippen molar-refractivity contribution in [1.82, 2.24) is 4.90 Å². The van der Waals surface area contributed by atoms with Crippen molar-refractivity contribution in [3.05, 3.63) is 24.0 Å². The van der Waals surface area contributed by atoms with Crippen molar-refractivity contribution < 1.29 is 23.5 Å². The molecule has 0 spiro atoms. The predicted molar refractivity (Wildman–Crippen MR) is 96.5 cm³/mol. The van der Waals surface area contributed by atoms with Crippen molar-refractivity contribution in [2.75, 3.05) is 43.6 Å². The first-order valence-electron chi connectivity index (χ1n) is 8.85. The minimum atomic E-state index is -1.13. The van der Waals surface area contributed by atoms with Gasteiger partial charge in [0.1, 0.15) is 12.4 Å². The average molecular weight is 378 g/mol. The number of ether oxygens (including phenoxy) is 1. The summed E-state index contributed by atoms with van der Waals surface area (Å²) in [6.45, 7) is 1.10. The average Bonchev–Trinajstić information content (AvgIpc) is 3.39. The monoisotopic (exact) mass is 378 g/mol. The number of morpholine rings is 1. The van der Waals surface area contributed by atoms with Crippen LogP contribution in [0.2, 0.25) is 0 Å². The molecular formula is C18H23FN4O4. The van der Waals surface area contributed by atoms with E-state index >= 15 is 0 Å². The summed E-state index contributed by atoms with van der Waals surface area (Å²) in [5.41, 5.74) is 5.70. The zero-order valence-corrected chi connectivity index (χ0v) is 15.1. The Morgan fingerprint density at radius 3 is 2.78 bits per heavy atom. The number of nitrogens with one attached hydrogen (secondary N) is 1. The van der Waals surface area contributed by atoms with Crippen LogP contribution in [0.3, 0.4) is 0 Å². The standard InChI is InChI=1S/C18H23FN4O4/c1-22(9-11-2-3-11)16(17(20)25)18(26)21-12-4-5-14(13(19)8-12)23-6-7-27-10-15(23)24/h4-5,8,11,16H,2-3,6-7,9-10H2,1H3,(H2,20,25)(H,21,26)/t16-/m1/s1. The van der Waals surface area contributed by atoms with Crippen molar-refractivity contribution in [2.45, 2.75) is 18.9 Å². The number of hydrogen-bond donors (Lipinski definition) is 2. The summed E-state index contributed by atoms with van der Waals surface area (Å²) in [5, 5.41) is 2.53. The van der Waals surface area contributed by atoms with E-state index in [2.05, 4.69) is 5.32 Å². The molecule has 1 saturated heterocycles. The molecule has 8 nitrogen and oxygen atoms in total. The van der Waals surface area contributed by atoms with Crippen LogP contribution in [-0.4, -0.2) is 62.0 Å². The molecule has 1 saturated carbocycles. The zero-order chi connectivity index (χ0) is 19.6. The lowest BCUT2D eigenvalue weighted by molar-refractivity contribution is -0.132. The fourth-order valence-electron chi connectivity index (χ4n) is 3.15. The maximum Gasteiger partial charge on any atom is 0.253 e. The van der Waals surface area contributed by atoms with Gasteiger partial charge in [0.15, 0.2) is 6.04 Å². The summed E-state index contributed by atoms with van der Waals surface area (Å²) in [7, 11) is 1.67. The first-order chi connectivity index (χ1) is 12.9. The van der Waals surface area contributed by atoms with E-state index in [-0.39, 0.29) is 30.4 Å². The Morgan fingerprint density at radius 2 is 2.19 bits per heavy atom. The summed E-state index contributed by atoms with van der Waals surface area (Å²) in [6, 6.07) is 2.89. The van der Waals surface area contributed by atoms with E-state index in [0.717, 1.165) is 18.9 Å². The van der Waals surface area contributed by atoms with Gasteiger partial charge in [0.25, 0.3) is 11.8 Å². The van der Waals surface area contributed by atoms with Crippen LogP contribution in [0.5, 0.6) is 0 Å². The number of carbonyl (C=O) groups excluding carboxylic acids is 3. The lowest BCUT2D eigenvalue weighted by Gasteiger charge is -2.27. The molecule has 1 aliphatic heterocycles. The molecule has 3 N–H and O–H groups in total. The molecule has 3 rings (SSSR count). The van der Waals surface area contributed by atoms with Gasteiger partial charge in [-0.25, -0.2) is 4.39 Å². The smallest absolute Gasteiger partial charge is 0.253 e. The molecule has 27 heavy (non-hydrogen) atoms. The third-order valence-electron chi connectivity index (χ3n) is 4.69. The summed E-state index contributed by atoms with van der Waals surface area (Å²) >= 11 is 0. The maximum absolute atomic E-state index is 14.5. The van der Waals surface area contributed by atoms with Gasteiger partial charge in [0.05, 0.1) is 12.3 Å². The van der Waals surface area contributed by atoms with E-state index in [9.17, 15) is 18.8 Å². The molecule has 1 atom stereocenters. The van der Waals surface area contributed by atoms with Crippen molar-refractivity contribution in [1.29, 1.82) is 0 Å². The number of anilines is 2. The number of nitrogens with zero attached hydrogens (tertiary/aromatic N) is 2. The van der Waals surface area contributed by atoms with Crippen molar-refractivity contribution in [2.24, 2.45) is 11.7 Å². The maximum atomic E-state index is 14.5. The Labute approximate surface area is 156 Å². The molecule has 3 amide bonds. The van der Waals surface area contributed by atoms with Gasteiger partial charge in [-0.15, -0.1) is 0 Å². The van der Waals surface area contributed by atoms with Crippen LogP contribution in [0.1, 0.15) is 12.8 Å². The number of benzene rings is 1. The molecule has 2 fully saturated rings. The van der Waals surface area contributed by atoms with Crippen LogP contribution < -0.4 is 16.0 Å². The molecule has 1 heterocycles. The Kier molecular flexibility index (Phi) is 5.71. The van der Waals surface area contributed by atoms with Crippen LogP contribution in [0.15, 0.2) is 18.2 Å². The largest absolute Gasteiger partial charge is 0.370 e. The topological polar surface area (TPSA) is 105 Å². The number of primary amides is 1. The molecule has 1 aromatic rings. The minimum Gasteiger partial charge on any atom is -0.370 e. The highest BCUT2D eigenvalue weighted by Crippen LogP contribution is 2.30. The number of carbonyl (C=O) groups is 3. The Hall–Kier alpha value is -2.52. The quantitative estimate of drug-likeness (QED) is 0.665. The van der Waals surface area contributed by atoms with Crippen LogP contribution >= 0.6 is 0 Å². The van der Waals surface area contributed by atoms with Crippen LogP contribution in [-0.2, 0) is 19.1 Å². The third kappa shape index (κ3) is 4.61. The summed E-state index contributed by atoms with van der Waals surface area (Å²) in [6.07, 6.45) is 2.15. The van der Waals surface area contributed by atoms with Crippen molar-refractivity contribution in [3.63, 3.8) is 0 Å². The number of likely N-dealkylation sites (N-methyl/N-ethyl adjacent to an activating group) is 1. The highest BCUT2D eigenvalue weighted by atomic mass is 19.1. The lowest BCUT2D eigenvalue weighted by Crippen LogP contribution is -2.51. The van der Waals surface area contributed by atoms with Gasteiger partial charge in [-0.2, -0.15) is 0 Å². The van der Waals surface area contributed by atoms with Gasteiger partial charge in [0.2, 0.25) is 5.91 Å². The number of halogens is 1. The van der Waals surface area contributed by atoms with Gasteiger partial charge in [-0.3, -0.25) is 19.3 Å². The number of nitrogens with two attached hydrogens (primary N) is 1. The highest BCUT2D eigenvalue weighted by Gasteiger charge is 2.33. The van der Waals surface area contributed by atoms with Crippen molar-refractivity contribution >= 4 is 29.1 Å². The van der Waals surface area contributed by atoms with Gasteiger partial charge in [-0.05, 0) is 44.0 Å². The number of rotatable bonds is 7. The molecule has 2 aliphatic rings. The lowest BCUT2D eigenvalue weighted by atomic mass is 10.2. The zero-order valence-electron chi connectivity index (χ0n) is 15.1. The third-order valence-corrected chi connectivity index (χ3v) is 4.69. The van der Waals surface area contributed by atoms with Gasteiger partial charge >= 0.3 is 0 Å². The Balaban J connectivity index is 1.70. The number of amides is 3. The second kappa shape index (κ2) is 8.01. The van der Waals surface area contributed by atoms with Gasteiger partial charge in [0, 0.05) is 18.8 Å². The minimum absolute atomic E-state index is 0.0917. The molecule has 146 valence electrons. The molecular weight excluding hydrogens is 355 g/mol. The predicted octanol–water partition coefficient (Wildman–Crippen LogP) is 0.323. The summed E-state index contributed by atoms with van der Waals surface area (Å²) < 4.78 is 19.5. The van der Waals surface area contributed by atoms with E-state index in [1.165, 1.54) is 17.0 Å². The van der Waals surface area contributed by atoms with E-state index in [0.29, 0.717) is 19.1 Å². The van der Waals surface area contributed by atoms with E-state index in [4.69, 9.17) is 10.5 Å². The normalized spacial score (nSPS) is 18.5. The summed E-state index contributed by atoms with van der Waals surface area (Å²) in [4.78, 5) is 39.0. The first kappa shape index (κ1) is 19.2. The van der Waals surface area contributed by atoms with E-state index in [1.807, 2.05) is 0 Å². The fraction of sp³-hybridized carbons (Fsp3) is 0.500. The van der Waals surface area contributed by atoms with Gasteiger partial charge in [-0.1, -0.05) is 0 Å². The molecule has 0 aromatic heterocycles.